The molecule has 140 valence electrons. The van der Waals surface area contributed by atoms with E-state index in [0.717, 1.165) is 12.0 Å². The lowest BCUT2D eigenvalue weighted by atomic mass is 10.3. The molecule has 0 spiro atoms. The minimum Gasteiger partial charge on any atom is -0.470 e. The maximum atomic E-state index is 12.5. The van der Waals surface area contributed by atoms with Crippen molar-refractivity contribution in [1.82, 2.24) is 39.6 Å². The Labute approximate surface area is 155 Å². The average Bonchev–Trinajstić information content (AvgIpc) is 3.41. The first-order chi connectivity index (χ1) is 13.2. The molecule has 10 nitrogen and oxygen atoms in total. The number of aromatic nitrogens is 7. The van der Waals surface area contributed by atoms with Gasteiger partial charge in [-0.25, -0.2) is 9.67 Å². The van der Waals surface area contributed by atoms with E-state index in [9.17, 15) is 4.79 Å². The predicted molar refractivity (Wildman–Crippen MR) is 93.6 cm³/mol. The molecule has 1 fully saturated rings. The van der Waals surface area contributed by atoms with Gasteiger partial charge in [0.2, 0.25) is 11.8 Å². The van der Waals surface area contributed by atoms with E-state index in [0.29, 0.717) is 24.7 Å². The summed E-state index contributed by atoms with van der Waals surface area (Å²) >= 11 is 0. The van der Waals surface area contributed by atoms with Crippen molar-refractivity contribution in [2.24, 2.45) is 0 Å². The maximum Gasteiger partial charge on any atom is 0.244 e. The SMILES string of the molecule is Cc1cnn(CC(=O)N2CCC(n3cc(COc4cnccn4)nn3)C2)c1. The lowest BCUT2D eigenvalue weighted by Crippen LogP contribution is -2.32. The molecular formula is C17H20N8O2. The third-order valence-electron chi connectivity index (χ3n) is 4.41. The molecule has 1 amide bonds. The van der Waals surface area contributed by atoms with Crippen LogP contribution >= 0.6 is 0 Å². The highest BCUT2D eigenvalue weighted by Crippen LogP contribution is 2.21. The van der Waals surface area contributed by atoms with Gasteiger partial charge in [-0.2, -0.15) is 5.10 Å². The van der Waals surface area contributed by atoms with E-state index in [4.69, 9.17) is 4.74 Å². The lowest BCUT2D eigenvalue weighted by molar-refractivity contribution is -0.131. The van der Waals surface area contributed by atoms with Crippen molar-refractivity contribution in [1.29, 1.82) is 0 Å². The van der Waals surface area contributed by atoms with Crippen LogP contribution in [-0.2, 0) is 17.9 Å². The summed E-state index contributed by atoms with van der Waals surface area (Å²) in [5.74, 6) is 0.505. The first-order valence-corrected chi connectivity index (χ1v) is 8.74. The first-order valence-electron chi connectivity index (χ1n) is 8.74. The topological polar surface area (TPSA) is 104 Å². The molecule has 1 aliphatic rings. The molecule has 1 saturated heterocycles. The Morgan fingerprint density at radius 3 is 3.00 bits per heavy atom. The van der Waals surface area contributed by atoms with E-state index in [1.165, 1.54) is 0 Å². The second-order valence-electron chi connectivity index (χ2n) is 6.52. The van der Waals surface area contributed by atoms with E-state index < -0.39 is 0 Å². The highest BCUT2D eigenvalue weighted by molar-refractivity contribution is 5.76. The summed E-state index contributed by atoms with van der Waals surface area (Å²) in [6, 6.07) is 0.117. The van der Waals surface area contributed by atoms with Gasteiger partial charge in [0.15, 0.2) is 0 Å². The number of amides is 1. The fraction of sp³-hybridized carbons (Fsp3) is 0.412. The van der Waals surface area contributed by atoms with Crippen molar-refractivity contribution < 1.29 is 9.53 Å². The minimum atomic E-state index is 0.0620. The van der Waals surface area contributed by atoms with E-state index in [-0.39, 0.29) is 25.1 Å². The lowest BCUT2D eigenvalue weighted by Gasteiger charge is -2.16. The van der Waals surface area contributed by atoms with Crippen LogP contribution in [-0.4, -0.2) is 58.6 Å². The third-order valence-corrected chi connectivity index (χ3v) is 4.41. The number of carbonyl (C=O) groups excluding carboxylic acids is 1. The van der Waals surface area contributed by atoms with Crippen molar-refractivity contribution in [3.05, 3.63) is 48.4 Å². The zero-order chi connectivity index (χ0) is 18.6. The monoisotopic (exact) mass is 368 g/mol. The molecule has 0 saturated carbocycles. The summed E-state index contributed by atoms with van der Waals surface area (Å²) in [5.41, 5.74) is 1.75. The van der Waals surface area contributed by atoms with Crippen LogP contribution in [0.5, 0.6) is 5.88 Å². The Morgan fingerprint density at radius 2 is 2.22 bits per heavy atom. The highest BCUT2D eigenvalue weighted by atomic mass is 16.5. The molecule has 1 aliphatic heterocycles. The quantitative estimate of drug-likeness (QED) is 0.628. The van der Waals surface area contributed by atoms with Crippen molar-refractivity contribution >= 4 is 5.91 Å². The summed E-state index contributed by atoms with van der Waals surface area (Å²) in [5, 5.41) is 12.5. The molecule has 4 rings (SSSR count). The van der Waals surface area contributed by atoms with Crippen molar-refractivity contribution in [3.8, 4) is 5.88 Å². The number of nitrogens with zero attached hydrogens (tertiary/aromatic N) is 8. The summed E-state index contributed by atoms with van der Waals surface area (Å²) in [7, 11) is 0. The van der Waals surface area contributed by atoms with Crippen LogP contribution in [0.25, 0.3) is 0 Å². The van der Waals surface area contributed by atoms with Gasteiger partial charge in [-0.15, -0.1) is 5.10 Å². The van der Waals surface area contributed by atoms with Gasteiger partial charge in [0.25, 0.3) is 0 Å². The fourth-order valence-corrected chi connectivity index (χ4v) is 3.04. The van der Waals surface area contributed by atoms with Crippen LogP contribution in [0.4, 0.5) is 0 Å². The van der Waals surface area contributed by atoms with Crippen LogP contribution in [0.2, 0.25) is 0 Å². The zero-order valence-electron chi connectivity index (χ0n) is 15.0. The first kappa shape index (κ1) is 17.1. The summed E-state index contributed by atoms with van der Waals surface area (Å²) in [6.07, 6.45) is 11.0. The van der Waals surface area contributed by atoms with E-state index in [1.807, 2.05) is 24.2 Å². The van der Waals surface area contributed by atoms with Gasteiger partial charge >= 0.3 is 0 Å². The molecule has 0 N–H and O–H groups in total. The molecular weight excluding hydrogens is 348 g/mol. The number of likely N-dealkylation sites (tertiary alicyclic amines) is 1. The van der Waals surface area contributed by atoms with Crippen LogP contribution in [0.3, 0.4) is 0 Å². The summed E-state index contributed by atoms with van der Waals surface area (Å²) < 4.78 is 9.01. The second kappa shape index (κ2) is 7.52. The molecule has 0 bridgehead atoms. The fourth-order valence-electron chi connectivity index (χ4n) is 3.04. The van der Waals surface area contributed by atoms with Crippen LogP contribution in [0.15, 0.2) is 37.2 Å². The van der Waals surface area contributed by atoms with Gasteiger partial charge < -0.3 is 9.64 Å². The Kier molecular flexibility index (Phi) is 4.77. The van der Waals surface area contributed by atoms with Gasteiger partial charge in [0.1, 0.15) is 18.8 Å². The molecule has 4 heterocycles. The highest BCUT2D eigenvalue weighted by Gasteiger charge is 2.28. The number of aryl methyl sites for hydroxylation is 1. The average molecular weight is 368 g/mol. The number of rotatable bonds is 6. The molecule has 0 aromatic carbocycles. The Bertz CT molecular complexity index is 907. The Hall–Kier alpha value is -3.30. The molecule has 0 radical (unpaired) electrons. The predicted octanol–water partition coefficient (Wildman–Crippen LogP) is 0.626. The van der Waals surface area contributed by atoms with Gasteiger partial charge in [0.05, 0.1) is 24.6 Å². The van der Waals surface area contributed by atoms with Gasteiger partial charge in [-0.05, 0) is 18.9 Å². The smallest absolute Gasteiger partial charge is 0.244 e. The number of hydrogen-bond donors (Lipinski definition) is 0. The summed E-state index contributed by atoms with van der Waals surface area (Å²) in [6.45, 7) is 3.81. The number of ether oxygens (including phenoxy) is 1. The molecule has 10 heteroatoms. The normalized spacial score (nSPS) is 16.6. The molecule has 1 unspecified atom stereocenters. The standard InChI is InChI=1S/C17H20N8O2/c1-13-6-20-24(8-13)11-17(26)23-5-2-15(10-23)25-9-14(21-22-25)12-27-16-7-18-3-4-19-16/h3-4,6-9,15H,2,5,10-12H2,1H3. The molecule has 1 atom stereocenters. The van der Waals surface area contributed by atoms with E-state index in [1.54, 1.807) is 34.2 Å². The summed E-state index contributed by atoms with van der Waals surface area (Å²) in [4.78, 5) is 22.3. The largest absolute Gasteiger partial charge is 0.470 e. The van der Waals surface area contributed by atoms with Crippen molar-refractivity contribution in [2.45, 2.75) is 32.5 Å². The Morgan fingerprint density at radius 1 is 1.30 bits per heavy atom. The Balaban J connectivity index is 1.31. The van der Waals surface area contributed by atoms with Gasteiger partial charge in [-0.3, -0.25) is 14.5 Å². The minimum absolute atomic E-state index is 0.0620. The van der Waals surface area contributed by atoms with Crippen LogP contribution in [0, 0.1) is 6.92 Å². The van der Waals surface area contributed by atoms with Crippen LogP contribution in [0.1, 0.15) is 23.7 Å². The van der Waals surface area contributed by atoms with Gasteiger partial charge in [0, 0.05) is 31.7 Å². The van der Waals surface area contributed by atoms with Gasteiger partial charge in [-0.1, -0.05) is 5.21 Å². The third kappa shape index (κ3) is 4.10. The number of carbonyl (C=O) groups is 1. The molecule has 27 heavy (non-hydrogen) atoms. The number of hydrogen-bond acceptors (Lipinski definition) is 7. The van der Waals surface area contributed by atoms with Crippen molar-refractivity contribution in [3.63, 3.8) is 0 Å². The van der Waals surface area contributed by atoms with E-state index >= 15 is 0 Å². The zero-order valence-corrected chi connectivity index (χ0v) is 15.0. The maximum absolute atomic E-state index is 12.5. The molecule has 0 aliphatic carbocycles. The molecule has 3 aromatic rings. The van der Waals surface area contributed by atoms with Crippen molar-refractivity contribution in [2.75, 3.05) is 13.1 Å². The van der Waals surface area contributed by atoms with Crippen LogP contribution < -0.4 is 4.74 Å². The second-order valence-corrected chi connectivity index (χ2v) is 6.52. The molecule has 3 aromatic heterocycles. The van der Waals surface area contributed by atoms with E-state index in [2.05, 4.69) is 25.4 Å².